The summed E-state index contributed by atoms with van der Waals surface area (Å²) in [5.41, 5.74) is 1.17. The zero-order chi connectivity index (χ0) is 17.2. The molecule has 0 spiro atoms. The summed E-state index contributed by atoms with van der Waals surface area (Å²) >= 11 is 11.7. The second-order valence-corrected chi connectivity index (χ2v) is 7.79. The van der Waals surface area contributed by atoms with E-state index in [4.69, 9.17) is 27.9 Å². The molecule has 2 rings (SSSR count). The van der Waals surface area contributed by atoms with E-state index < -0.39 is 10.0 Å². The first kappa shape index (κ1) is 17.9. The van der Waals surface area contributed by atoms with Gasteiger partial charge in [-0.25, -0.2) is 8.42 Å². The summed E-state index contributed by atoms with van der Waals surface area (Å²) in [6.07, 6.45) is 0. The molecule has 23 heavy (non-hydrogen) atoms. The lowest BCUT2D eigenvalue weighted by molar-refractivity contribution is 0.407. The van der Waals surface area contributed by atoms with Crippen LogP contribution in [0.4, 0.5) is 5.69 Å². The normalized spacial score (nSPS) is 11.6. The van der Waals surface area contributed by atoms with Crippen LogP contribution in [-0.2, 0) is 10.0 Å². The van der Waals surface area contributed by atoms with Crippen LogP contribution >= 0.6 is 23.2 Å². The number of ether oxygens (including phenoxy) is 1. The van der Waals surface area contributed by atoms with Gasteiger partial charge >= 0.3 is 0 Å². The molecule has 4 nitrogen and oxygen atoms in total. The monoisotopic (exact) mass is 373 g/mol. The molecule has 0 aliphatic rings. The van der Waals surface area contributed by atoms with Crippen LogP contribution in [0.1, 0.15) is 25.3 Å². The van der Waals surface area contributed by atoms with E-state index in [9.17, 15) is 8.42 Å². The Balaban J connectivity index is 2.39. The topological polar surface area (TPSA) is 55.4 Å². The SMILES string of the molecule is COc1ccc(S(=O)(=O)Nc2ccc(Cl)c(Cl)c2)cc1C(C)C. The fourth-order valence-corrected chi connectivity index (χ4v) is 3.49. The predicted octanol–water partition coefficient (Wildman–Crippen LogP) is 4.93. The number of halogens is 2. The van der Waals surface area contributed by atoms with Crippen molar-refractivity contribution in [1.29, 1.82) is 0 Å². The van der Waals surface area contributed by atoms with E-state index in [1.54, 1.807) is 25.3 Å². The third-order valence-corrected chi connectivity index (χ3v) is 5.42. The van der Waals surface area contributed by atoms with Crippen molar-refractivity contribution in [3.8, 4) is 5.75 Å². The maximum Gasteiger partial charge on any atom is 0.261 e. The fraction of sp³-hybridized carbons (Fsp3) is 0.250. The summed E-state index contributed by atoms with van der Waals surface area (Å²) in [5, 5.41) is 0.644. The molecule has 0 atom stereocenters. The summed E-state index contributed by atoms with van der Waals surface area (Å²) in [6.45, 7) is 3.95. The Bertz CT molecular complexity index is 820. The minimum Gasteiger partial charge on any atom is -0.496 e. The van der Waals surface area contributed by atoms with Crippen LogP contribution in [0.15, 0.2) is 41.3 Å². The molecule has 0 radical (unpaired) electrons. The molecule has 7 heteroatoms. The molecule has 0 heterocycles. The lowest BCUT2D eigenvalue weighted by Gasteiger charge is -2.14. The van der Waals surface area contributed by atoms with E-state index >= 15 is 0 Å². The van der Waals surface area contributed by atoms with Gasteiger partial charge in [0.25, 0.3) is 10.0 Å². The molecule has 0 aliphatic heterocycles. The van der Waals surface area contributed by atoms with Crippen LogP contribution in [0.2, 0.25) is 10.0 Å². The van der Waals surface area contributed by atoms with Crippen LogP contribution in [0.5, 0.6) is 5.75 Å². The van der Waals surface area contributed by atoms with Crippen molar-refractivity contribution < 1.29 is 13.2 Å². The van der Waals surface area contributed by atoms with Crippen molar-refractivity contribution >= 4 is 38.9 Å². The van der Waals surface area contributed by atoms with Gasteiger partial charge in [0.1, 0.15) is 5.75 Å². The summed E-state index contributed by atoms with van der Waals surface area (Å²) < 4.78 is 32.9. The fourth-order valence-electron chi connectivity index (χ4n) is 2.10. The Labute approximate surface area is 146 Å². The van der Waals surface area contributed by atoms with Crippen molar-refractivity contribution in [2.24, 2.45) is 0 Å². The van der Waals surface area contributed by atoms with E-state index in [2.05, 4.69) is 4.72 Å². The highest BCUT2D eigenvalue weighted by Gasteiger charge is 2.18. The maximum atomic E-state index is 12.5. The molecule has 124 valence electrons. The van der Waals surface area contributed by atoms with E-state index in [0.29, 0.717) is 16.5 Å². The molecule has 0 saturated heterocycles. The standard InChI is InChI=1S/C16H17Cl2NO3S/c1-10(2)13-9-12(5-7-16(13)22-3)23(20,21)19-11-4-6-14(17)15(18)8-11/h4-10,19H,1-3H3. The maximum absolute atomic E-state index is 12.5. The Hall–Kier alpha value is -1.43. The van der Waals surface area contributed by atoms with Gasteiger partial charge in [0, 0.05) is 0 Å². The molecule has 0 bridgehead atoms. The highest BCUT2D eigenvalue weighted by Crippen LogP contribution is 2.30. The Morgan fingerprint density at radius 1 is 1.04 bits per heavy atom. The number of hydrogen-bond donors (Lipinski definition) is 1. The van der Waals surface area contributed by atoms with Gasteiger partial charge < -0.3 is 4.74 Å². The van der Waals surface area contributed by atoms with Gasteiger partial charge in [-0.3, -0.25) is 4.72 Å². The number of sulfonamides is 1. The van der Waals surface area contributed by atoms with Crippen molar-refractivity contribution in [3.05, 3.63) is 52.0 Å². The third kappa shape index (κ3) is 4.10. The number of anilines is 1. The Morgan fingerprint density at radius 3 is 2.30 bits per heavy atom. The van der Waals surface area contributed by atoms with E-state index in [1.165, 1.54) is 18.2 Å². The van der Waals surface area contributed by atoms with Crippen LogP contribution < -0.4 is 9.46 Å². The average molecular weight is 374 g/mol. The minimum atomic E-state index is -3.73. The van der Waals surface area contributed by atoms with Crippen molar-refractivity contribution in [1.82, 2.24) is 0 Å². The summed E-state index contributed by atoms with van der Waals surface area (Å²) in [6, 6.07) is 9.33. The number of nitrogens with one attached hydrogen (secondary N) is 1. The lowest BCUT2D eigenvalue weighted by atomic mass is 10.0. The van der Waals surface area contributed by atoms with Crippen LogP contribution in [-0.4, -0.2) is 15.5 Å². The molecule has 0 aliphatic carbocycles. The van der Waals surface area contributed by atoms with Gasteiger partial charge in [0.05, 0.1) is 27.7 Å². The second-order valence-electron chi connectivity index (χ2n) is 5.29. The highest BCUT2D eigenvalue weighted by molar-refractivity contribution is 7.92. The van der Waals surface area contributed by atoms with Gasteiger partial charge in [-0.05, 0) is 47.9 Å². The number of benzene rings is 2. The third-order valence-electron chi connectivity index (χ3n) is 3.31. The van der Waals surface area contributed by atoms with Crippen LogP contribution in [0.3, 0.4) is 0 Å². The number of hydrogen-bond acceptors (Lipinski definition) is 3. The zero-order valence-electron chi connectivity index (χ0n) is 12.9. The molecule has 0 aromatic heterocycles. The molecule has 1 N–H and O–H groups in total. The summed E-state index contributed by atoms with van der Waals surface area (Å²) in [4.78, 5) is 0.160. The van der Waals surface area contributed by atoms with Gasteiger partial charge in [-0.2, -0.15) is 0 Å². The molecule has 0 unspecified atom stereocenters. The summed E-state index contributed by atoms with van der Waals surface area (Å²) in [5.74, 6) is 0.790. The van der Waals surface area contributed by atoms with Gasteiger partial charge in [-0.15, -0.1) is 0 Å². The molecule has 2 aromatic rings. The first-order valence-electron chi connectivity index (χ1n) is 6.90. The molecule has 2 aromatic carbocycles. The van der Waals surface area contributed by atoms with Crippen molar-refractivity contribution in [2.45, 2.75) is 24.7 Å². The minimum absolute atomic E-state index is 0.130. The van der Waals surface area contributed by atoms with Crippen LogP contribution in [0.25, 0.3) is 0 Å². The van der Waals surface area contributed by atoms with Gasteiger partial charge in [0.15, 0.2) is 0 Å². The largest absolute Gasteiger partial charge is 0.496 e. The molecule has 0 saturated carbocycles. The summed E-state index contributed by atoms with van der Waals surface area (Å²) in [7, 11) is -2.17. The Morgan fingerprint density at radius 2 is 1.74 bits per heavy atom. The van der Waals surface area contributed by atoms with Gasteiger partial charge in [-0.1, -0.05) is 37.0 Å². The van der Waals surface area contributed by atoms with Gasteiger partial charge in [0.2, 0.25) is 0 Å². The molecular formula is C16H17Cl2NO3S. The van der Waals surface area contributed by atoms with Crippen LogP contribution in [0, 0.1) is 0 Å². The predicted molar refractivity (Wildman–Crippen MR) is 94.4 cm³/mol. The first-order valence-corrected chi connectivity index (χ1v) is 9.14. The smallest absolute Gasteiger partial charge is 0.261 e. The quantitative estimate of drug-likeness (QED) is 0.808. The number of methoxy groups -OCH3 is 1. The van der Waals surface area contributed by atoms with Crippen molar-refractivity contribution in [2.75, 3.05) is 11.8 Å². The zero-order valence-corrected chi connectivity index (χ0v) is 15.3. The molecule has 0 fully saturated rings. The molecule has 0 amide bonds. The first-order chi connectivity index (χ1) is 10.7. The van der Waals surface area contributed by atoms with Crippen molar-refractivity contribution in [3.63, 3.8) is 0 Å². The van der Waals surface area contributed by atoms with E-state index in [-0.39, 0.29) is 15.8 Å². The van der Waals surface area contributed by atoms with E-state index in [1.807, 2.05) is 13.8 Å². The molecular weight excluding hydrogens is 357 g/mol. The van der Waals surface area contributed by atoms with E-state index in [0.717, 1.165) is 5.56 Å². The Kier molecular flexibility index (Phi) is 5.45. The lowest BCUT2D eigenvalue weighted by Crippen LogP contribution is -2.13. The second kappa shape index (κ2) is 6.99. The average Bonchev–Trinajstić information content (AvgIpc) is 2.50. The highest BCUT2D eigenvalue weighted by atomic mass is 35.5. The number of rotatable bonds is 5.